The van der Waals surface area contributed by atoms with Gasteiger partial charge in [-0.2, -0.15) is 0 Å². The van der Waals surface area contributed by atoms with Crippen LogP contribution in [-0.4, -0.2) is 10.7 Å². The van der Waals surface area contributed by atoms with Crippen LogP contribution < -0.4 is 0 Å². The highest BCUT2D eigenvalue weighted by Gasteiger charge is 2.36. The lowest BCUT2D eigenvalue weighted by atomic mass is 9.74. The minimum absolute atomic E-state index is 0.422. The van der Waals surface area contributed by atoms with Crippen LogP contribution in [0, 0.1) is 5.92 Å². The van der Waals surface area contributed by atoms with Gasteiger partial charge >= 0.3 is 0 Å². The van der Waals surface area contributed by atoms with Gasteiger partial charge in [0.1, 0.15) is 0 Å². The Balaban J connectivity index is 2.16. The van der Waals surface area contributed by atoms with Crippen molar-refractivity contribution >= 4 is 0 Å². The minimum atomic E-state index is -0.422. The first-order valence-corrected chi connectivity index (χ1v) is 5.21. The van der Waals surface area contributed by atoms with E-state index in [-0.39, 0.29) is 0 Å². The van der Waals surface area contributed by atoms with E-state index in [9.17, 15) is 5.11 Å². The third-order valence-electron chi connectivity index (χ3n) is 3.42. The number of allylic oxidation sites excluding steroid dienone is 1. The molecule has 0 radical (unpaired) electrons. The lowest BCUT2D eigenvalue weighted by Gasteiger charge is -2.37. The molecule has 1 heteroatoms. The Morgan fingerprint density at radius 1 is 1.17 bits per heavy atom. The maximum absolute atomic E-state index is 10.3. The van der Waals surface area contributed by atoms with Crippen molar-refractivity contribution in [1.82, 2.24) is 0 Å². The molecule has 2 aliphatic rings. The summed E-state index contributed by atoms with van der Waals surface area (Å²) in [6.07, 6.45) is 12.7. The standard InChI is InChI=1S/C11H18O/c12-11-8-4-1-2-6-10(11)7-3-5-9-11/h4,8,10,12H,1-3,5-7,9H2. The van der Waals surface area contributed by atoms with Crippen LogP contribution in [0.15, 0.2) is 12.2 Å². The fourth-order valence-corrected chi connectivity index (χ4v) is 2.64. The molecule has 0 aromatic carbocycles. The van der Waals surface area contributed by atoms with Gasteiger partial charge in [-0.05, 0) is 38.0 Å². The zero-order valence-corrected chi connectivity index (χ0v) is 7.63. The first kappa shape index (κ1) is 8.31. The van der Waals surface area contributed by atoms with Crippen molar-refractivity contribution in [2.45, 2.75) is 50.5 Å². The van der Waals surface area contributed by atoms with Crippen molar-refractivity contribution in [3.63, 3.8) is 0 Å². The Morgan fingerprint density at radius 3 is 2.92 bits per heavy atom. The molecular weight excluding hydrogens is 148 g/mol. The first-order chi connectivity index (χ1) is 5.81. The Hall–Kier alpha value is -0.300. The number of hydrogen-bond acceptors (Lipinski definition) is 1. The first-order valence-electron chi connectivity index (χ1n) is 5.21. The maximum Gasteiger partial charge on any atom is 0.0855 e. The van der Waals surface area contributed by atoms with Crippen molar-refractivity contribution in [3.05, 3.63) is 12.2 Å². The van der Waals surface area contributed by atoms with Gasteiger partial charge in [0.2, 0.25) is 0 Å². The molecule has 2 aliphatic carbocycles. The smallest absolute Gasteiger partial charge is 0.0855 e. The molecule has 0 aromatic heterocycles. The molecular formula is C11H18O. The predicted octanol–water partition coefficient (Wildman–Crippen LogP) is 2.65. The van der Waals surface area contributed by atoms with E-state index in [1.165, 1.54) is 38.5 Å². The molecule has 68 valence electrons. The number of hydrogen-bond donors (Lipinski definition) is 1. The van der Waals surface area contributed by atoms with E-state index in [0.717, 1.165) is 6.42 Å². The average Bonchev–Trinajstić information content (AvgIpc) is 2.25. The summed E-state index contributed by atoms with van der Waals surface area (Å²) in [5.74, 6) is 0.560. The minimum Gasteiger partial charge on any atom is -0.386 e. The highest BCUT2D eigenvalue weighted by molar-refractivity contribution is 5.08. The summed E-state index contributed by atoms with van der Waals surface area (Å²) in [5.41, 5.74) is -0.422. The van der Waals surface area contributed by atoms with E-state index >= 15 is 0 Å². The largest absolute Gasteiger partial charge is 0.386 e. The Labute approximate surface area is 74.5 Å². The molecule has 0 aliphatic heterocycles. The normalized spacial score (nSPS) is 41.9. The van der Waals surface area contributed by atoms with Gasteiger partial charge in [-0.15, -0.1) is 0 Å². The van der Waals surface area contributed by atoms with Gasteiger partial charge in [0.15, 0.2) is 0 Å². The molecule has 12 heavy (non-hydrogen) atoms. The molecule has 0 heterocycles. The second-order valence-corrected chi connectivity index (χ2v) is 4.27. The zero-order valence-electron chi connectivity index (χ0n) is 7.63. The summed E-state index contributed by atoms with van der Waals surface area (Å²) in [4.78, 5) is 0. The van der Waals surface area contributed by atoms with Crippen LogP contribution in [0.25, 0.3) is 0 Å². The highest BCUT2D eigenvalue weighted by atomic mass is 16.3. The Kier molecular flexibility index (Phi) is 2.22. The highest BCUT2D eigenvalue weighted by Crippen LogP contribution is 2.39. The number of fused-ring (bicyclic) bond motifs is 1. The Morgan fingerprint density at radius 2 is 2.00 bits per heavy atom. The molecule has 1 saturated carbocycles. The third kappa shape index (κ3) is 1.42. The van der Waals surface area contributed by atoms with Gasteiger partial charge in [0.05, 0.1) is 5.60 Å². The summed E-state index contributed by atoms with van der Waals surface area (Å²) in [6.45, 7) is 0. The van der Waals surface area contributed by atoms with Crippen LogP contribution >= 0.6 is 0 Å². The van der Waals surface area contributed by atoms with Crippen LogP contribution in [0.5, 0.6) is 0 Å². The molecule has 2 atom stereocenters. The van der Waals surface area contributed by atoms with Crippen LogP contribution in [0.1, 0.15) is 44.9 Å². The molecule has 0 spiro atoms. The van der Waals surface area contributed by atoms with Crippen molar-refractivity contribution in [2.75, 3.05) is 0 Å². The van der Waals surface area contributed by atoms with E-state index < -0.39 is 5.60 Å². The molecule has 0 saturated heterocycles. The van der Waals surface area contributed by atoms with Gasteiger partial charge in [0, 0.05) is 0 Å². The zero-order chi connectivity index (χ0) is 8.44. The summed E-state index contributed by atoms with van der Waals surface area (Å²) < 4.78 is 0. The van der Waals surface area contributed by atoms with Crippen molar-refractivity contribution in [3.8, 4) is 0 Å². The SMILES string of the molecule is OC12C=CCCCC1CCCC2. The summed E-state index contributed by atoms with van der Waals surface area (Å²) in [7, 11) is 0. The van der Waals surface area contributed by atoms with Gasteiger partial charge in [-0.3, -0.25) is 0 Å². The lowest BCUT2D eigenvalue weighted by Crippen LogP contribution is -2.38. The van der Waals surface area contributed by atoms with E-state index in [1.807, 2.05) is 0 Å². The van der Waals surface area contributed by atoms with Gasteiger partial charge in [0.25, 0.3) is 0 Å². The van der Waals surface area contributed by atoms with Crippen molar-refractivity contribution in [1.29, 1.82) is 0 Å². The molecule has 2 rings (SSSR count). The number of aliphatic hydroxyl groups is 1. The van der Waals surface area contributed by atoms with Crippen LogP contribution in [0.3, 0.4) is 0 Å². The van der Waals surface area contributed by atoms with Crippen LogP contribution in [0.4, 0.5) is 0 Å². The van der Waals surface area contributed by atoms with Crippen molar-refractivity contribution in [2.24, 2.45) is 5.92 Å². The maximum atomic E-state index is 10.3. The topological polar surface area (TPSA) is 20.2 Å². The predicted molar refractivity (Wildman–Crippen MR) is 49.9 cm³/mol. The molecule has 2 unspecified atom stereocenters. The van der Waals surface area contributed by atoms with Gasteiger partial charge in [-0.1, -0.05) is 25.0 Å². The summed E-state index contributed by atoms with van der Waals surface area (Å²) in [6, 6.07) is 0. The lowest BCUT2D eigenvalue weighted by molar-refractivity contribution is -0.00678. The fourth-order valence-electron chi connectivity index (χ4n) is 2.64. The van der Waals surface area contributed by atoms with Gasteiger partial charge < -0.3 is 5.11 Å². The monoisotopic (exact) mass is 166 g/mol. The molecule has 0 amide bonds. The van der Waals surface area contributed by atoms with E-state index in [1.54, 1.807) is 0 Å². The van der Waals surface area contributed by atoms with E-state index in [0.29, 0.717) is 5.92 Å². The molecule has 1 nitrogen and oxygen atoms in total. The van der Waals surface area contributed by atoms with Crippen LogP contribution in [0.2, 0.25) is 0 Å². The third-order valence-corrected chi connectivity index (χ3v) is 3.42. The second kappa shape index (κ2) is 3.21. The fraction of sp³-hybridized carbons (Fsp3) is 0.818. The summed E-state index contributed by atoms with van der Waals surface area (Å²) in [5, 5.41) is 10.3. The van der Waals surface area contributed by atoms with Crippen molar-refractivity contribution < 1.29 is 5.11 Å². The molecule has 0 bridgehead atoms. The Bertz CT molecular complexity index is 185. The quantitative estimate of drug-likeness (QED) is 0.548. The van der Waals surface area contributed by atoms with E-state index in [4.69, 9.17) is 0 Å². The molecule has 1 fully saturated rings. The van der Waals surface area contributed by atoms with Crippen LogP contribution in [-0.2, 0) is 0 Å². The molecule has 1 N–H and O–H groups in total. The summed E-state index contributed by atoms with van der Waals surface area (Å²) >= 11 is 0. The van der Waals surface area contributed by atoms with E-state index in [2.05, 4.69) is 12.2 Å². The number of rotatable bonds is 0. The van der Waals surface area contributed by atoms with Gasteiger partial charge in [-0.25, -0.2) is 0 Å². The molecule has 0 aromatic rings. The average molecular weight is 166 g/mol. The second-order valence-electron chi connectivity index (χ2n) is 4.27.